The fourth-order valence-corrected chi connectivity index (χ4v) is 1.35. The van der Waals surface area contributed by atoms with Gasteiger partial charge in [0.25, 0.3) is 0 Å². The number of urea groups is 1. The number of Topliss-reactive ketones (excluding diaryl/α,β-unsaturated/α-hetero) is 1. The third-order valence-electron chi connectivity index (χ3n) is 1.80. The van der Waals surface area contributed by atoms with E-state index >= 15 is 0 Å². The van der Waals surface area contributed by atoms with Crippen LogP contribution in [0.5, 0.6) is 0 Å². The largest absolute Gasteiger partial charge is 0.351 e. The molecule has 0 bridgehead atoms. The number of benzene rings is 1. The lowest BCUT2D eigenvalue weighted by Crippen LogP contribution is -2.19. The van der Waals surface area contributed by atoms with Gasteiger partial charge in [-0.15, -0.1) is 0 Å². The van der Waals surface area contributed by atoms with Crippen molar-refractivity contribution in [3.8, 4) is 0 Å². The van der Waals surface area contributed by atoms with Gasteiger partial charge in [-0.2, -0.15) is 0 Å². The van der Waals surface area contributed by atoms with Gasteiger partial charge in [0.2, 0.25) is 0 Å². The van der Waals surface area contributed by atoms with Gasteiger partial charge >= 0.3 is 6.03 Å². The minimum Gasteiger partial charge on any atom is -0.351 e. The Labute approximate surface area is 96.0 Å². The van der Waals surface area contributed by atoms with Crippen molar-refractivity contribution in [2.24, 2.45) is 5.73 Å². The number of anilines is 1. The highest BCUT2D eigenvalue weighted by Gasteiger charge is 2.11. The maximum Gasteiger partial charge on any atom is 0.316 e. The van der Waals surface area contributed by atoms with Crippen LogP contribution in [0.15, 0.2) is 24.3 Å². The second-order valence-electron chi connectivity index (χ2n) is 3.05. The molecule has 0 aromatic heterocycles. The van der Waals surface area contributed by atoms with E-state index in [0.717, 1.165) is 0 Å². The van der Waals surface area contributed by atoms with E-state index in [1.165, 1.54) is 0 Å². The first-order valence-electron chi connectivity index (χ1n) is 4.35. The van der Waals surface area contributed by atoms with Crippen LogP contribution in [0, 0.1) is 0 Å². The van der Waals surface area contributed by atoms with Crippen LogP contribution >= 0.6 is 15.9 Å². The van der Waals surface area contributed by atoms with Gasteiger partial charge < -0.3 is 11.1 Å². The summed E-state index contributed by atoms with van der Waals surface area (Å²) >= 11 is 3.20. The van der Waals surface area contributed by atoms with E-state index in [2.05, 4.69) is 21.2 Å². The van der Waals surface area contributed by atoms with Gasteiger partial charge in [0, 0.05) is 11.3 Å². The van der Waals surface area contributed by atoms with E-state index in [1.807, 2.05) is 0 Å². The number of alkyl halides is 1. The molecule has 1 aromatic rings. The Kier molecular flexibility index (Phi) is 3.85. The second-order valence-corrected chi connectivity index (χ2v) is 4.42. The summed E-state index contributed by atoms with van der Waals surface area (Å²) in [6.45, 7) is 1.76. The summed E-state index contributed by atoms with van der Waals surface area (Å²) in [6, 6.07) is 5.93. The van der Waals surface area contributed by atoms with Gasteiger partial charge in [-0.1, -0.05) is 15.9 Å². The molecule has 0 aliphatic heterocycles. The number of ketones is 1. The quantitative estimate of drug-likeness (QED) is 0.653. The number of amides is 2. The third-order valence-corrected chi connectivity index (χ3v) is 2.21. The Bertz CT molecular complexity index is 374. The Hall–Kier alpha value is -1.36. The Morgan fingerprint density at radius 3 is 2.27 bits per heavy atom. The van der Waals surface area contributed by atoms with Crippen molar-refractivity contribution in [2.75, 3.05) is 5.32 Å². The Morgan fingerprint density at radius 2 is 1.87 bits per heavy atom. The van der Waals surface area contributed by atoms with E-state index < -0.39 is 6.03 Å². The number of nitrogens with two attached hydrogens (primary N) is 1. The first-order chi connectivity index (χ1) is 7.00. The molecule has 1 atom stereocenters. The number of hydrogen-bond acceptors (Lipinski definition) is 2. The highest BCUT2D eigenvalue weighted by Crippen LogP contribution is 2.13. The van der Waals surface area contributed by atoms with E-state index in [4.69, 9.17) is 5.73 Å². The molecule has 1 aromatic carbocycles. The van der Waals surface area contributed by atoms with Crippen molar-refractivity contribution < 1.29 is 9.59 Å². The lowest BCUT2D eigenvalue weighted by molar-refractivity contribution is 0.0996. The minimum absolute atomic E-state index is 0.000579. The maximum atomic E-state index is 11.5. The number of hydrogen-bond donors (Lipinski definition) is 2. The average molecular weight is 271 g/mol. The fraction of sp³-hybridized carbons (Fsp3) is 0.200. The summed E-state index contributed by atoms with van der Waals surface area (Å²) in [4.78, 5) is 21.8. The molecule has 0 fully saturated rings. The summed E-state index contributed by atoms with van der Waals surface area (Å²) in [5.41, 5.74) is 6.11. The minimum atomic E-state index is -0.622. The zero-order chi connectivity index (χ0) is 11.4. The molecule has 0 aliphatic carbocycles. The van der Waals surface area contributed by atoms with Crippen LogP contribution in [-0.4, -0.2) is 16.6 Å². The van der Waals surface area contributed by atoms with E-state index in [9.17, 15) is 9.59 Å². The molecule has 0 saturated carbocycles. The van der Waals surface area contributed by atoms with Crippen molar-refractivity contribution >= 4 is 33.4 Å². The van der Waals surface area contributed by atoms with Gasteiger partial charge in [-0.05, 0) is 31.2 Å². The summed E-state index contributed by atoms with van der Waals surface area (Å²) in [5.74, 6) is 0.000579. The molecular formula is C10H11BrN2O2. The van der Waals surface area contributed by atoms with Crippen LogP contribution in [-0.2, 0) is 0 Å². The van der Waals surface area contributed by atoms with Crippen molar-refractivity contribution in [1.82, 2.24) is 0 Å². The van der Waals surface area contributed by atoms with Crippen LogP contribution in [0.25, 0.3) is 0 Å². The first-order valence-corrected chi connectivity index (χ1v) is 5.27. The van der Waals surface area contributed by atoms with Crippen molar-refractivity contribution in [3.63, 3.8) is 0 Å². The predicted molar refractivity (Wildman–Crippen MR) is 62.4 cm³/mol. The molecule has 4 nitrogen and oxygen atoms in total. The van der Waals surface area contributed by atoms with Crippen molar-refractivity contribution in [1.29, 1.82) is 0 Å². The highest BCUT2D eigenvalue weighted by molar-refractivity contribution is 9.10. The molecular weight excluding hydrogens is 260 g/mol. The molecule has 3 N–H and O–H groups in total. The standard InChI is InChI=1S/C10H11BrN2O2/c1-6(11)9(14)7-2-4-8(5-3-7)13-10(12)15/h2-6H,1H3,(H3,12,13,15). The van der Waals surface area contributed by atoms with Crippen LogP contribution in [0.3, 0.4) is 0 Å². The topological polar surface area (TPSA) is 72.2 Å². The fourth-order valence-electron chi connectivity index (χ4n) is 1.09. The summed E-state index contributed by atoms with van der Waals surface area (Å²) in [7, 11) is 0. The smallest absolute Gasteiger partial charge is 0.316 e. The number of halogens is 1. The maximum absolute atomic E-state index is 11.5. The molecule has 15 heavy (non-hydrogen) atoms. The van der Waals surface area contributed by atoms with Gasteiger partial charge in [-0.3, -0.25) is 4.79 Å². The number of carbonyl (C=O) groups is 2. The van der Waals surface area contributed by atoms with Crippen LogP contribution < -0.4 is 11.1 Å². The first kappa shape index (κ1) is 11.7. The number of nitrogens with one attached hydrogen (secondary N) is 1. The molecule has 0 aliphatic rings. The number of primary amides is 1. The second kappa shape index (κ2) is 4.93. The molecule has 0 spiro atoms. The lowest BCUT2D eigenvalue weighted by Gasteiger charge is -2.04. The molecule has 0 saturated heterocycles. The molecule has 0 radical (unpaired) electrons. The van der Waals surface area contributed by atoms with E-state index in [-0.39, 0.29) is 10.6 Å². The third kappa shape index (κ3) is 3.36. The van der Waals surface area contributed by atoms with Crippen LogP contribution in [0.2, 0.25) is 0 Å². The Balaban J connectivity index is 2.81. The zero-order valence-corrected chi connectivity index (χ0v) is 9.74. The van der Waals surface area contributed by atoms with Gasteiger partial charge in [0.1, 0.15) is 0 Å². The lowest BCUT2D eigenvalue weighted by atomic mass is 10.1. The molecule has 0 heterocycles. The SMILES string of the molecule is CC(Br)C(=O)c1ccc(NC(N)=O)cc1. The van der Waals surface area contributed by atoms with Crippen molar-refractivity contribution in [2.45, 2.75) is 11.8 Å². The molecule has 2 amide bonds. The van der Waals surface area contributed by atoms with Crippen LogP contribution in [0.4, 0.5) is 10.5 Å². The van der Waals surface area contributed by atoms with E-state index in [0.29, 0.717) is 11.3 Å². The average Bonchev–Trinajstić information content (AvgIpc) is 2.17. The van der Waals surface area contributed by atoms with Gasteiger partial charge in [-0.25, -0.2) is 4.79 Å². The summed E-state index contributed by atoms with van der Waals surface area (Å²) < 4.78 is 0. The molecule has 1 unspecified atom stereocenters. The van der Waals surface area contributed by atoms with Crippen molar-refractivity contribution in [3.05, 3.63) is 29.8 Å². The summed E-state index contributed by atoms with van der Waals surface area (Å²) in [6.07, 6.45) is 0. The monoisotopic (exact) mass is 270 g/mol. The number of rotatable bonds is 3. The molecule has 1 rings (SSSR count). The molecule has 5 heteroatoms. The Morgan fingerprint density at radius 1 is 1.33 bits per heavy atom. The molecule has 80 valence electrons. The number of carbonyl (C=O) groups excluding carboxylic acids is 2. The zero-order valence-electron chi connectivity index (χ0n) is 8.16. The normalized spacial score (nSPS) is 11.9. The van der Waals surface area contributed by atoms with Gasteiger partial charge in [0.15, 0.2) is 5.78 Å². The van der Waals surface area contributed by atoms with Crippen LogP contribution in [0.1, 0.15) is 17.3 Å². The van der Waals surface area contributed by atoms with Gasteiger partial charge in [0.05, 0.1) is 4.83 Å². The van der Waals surface area contributed by atoms with E-state index in [1.54, 1.807) is 31.2 Å². The summed E-state index contributed by atoms with van der Waals surface area (Å²) in [5, 5.41) is 2.42. The highest BCUT2D eigenvalue weighted by atomic mass is 79.9. The predicted octanol–water partition coefficient (Wildman–Crippen LogP) is 2.14.